The van der Waals surface area contributed by atoms with Crippen LogP contribution in [0.4, 0.5) is 0 Å². The maximum Gasteiger partial charge on any atom is 0.303 e. The predicted octanol–water partition coefficient (Wildman–Crippen LogP) is 6.64. The Kier molecular flexibility index (Phi) is 12.0. The molecule has 2 aliphatic rings. The van der Waals surface area contributed by atoms with Crippen LogP contribution in [0.15, 0.2) is 85.5 Å². The minimum absolute atomic E-state index is 0.00675. The smallest absolute Gasteiger partial charge is 0.303 e. The van der Waals surface area contributed by atoms with Gasteiger partial charge in [0, 0.05) is 44.1 Å². The second kappa shape index (κ2) is 16.3. The van der Waals surface area contributed by atoms with Gasteiger partial charge in [-0.05, 0) is 53.6 Å². The van der Waals surface area contributed by atoms with Crippen LogP contribution in [0, 0.1) is 5.92 Å². The standard InChI is InChI=1S/C39H48N2O6/c1-5-21-41(35-11-6-7-12-35)24-36-26(2)37(32-15-13-29(25-42)14-16-32)47-39(46-36)33-19-17-31(18-20-33)34-10-8-9-30(22-34)23-40-38(44)27(3)45-28(4)43/h5,8-10,13-20,22,26-27,35-37,39,42H,1,6-7,11-12,21,23-25H2,2-4H3,(H,40,44)/t26-,27-,36+,37+,39+/m0/s1. The van der Waals surface area contributed by atoms with Crippen LogP contribution >= 0.6 is 0 Å². The molecule has 0 aromatic heterocycles. The van der Waals surface area contributed by atoms with Crippen LogP contribution in [0.25, 0.3) is 11.1 Å². The van der Waals surface area contributed by atoms with E-state index in [9.17, 15) is 14.7 Å². The molecule has 0 unspecified atom stereocenters. The van der Waals surface area contributed by atoms with Gasteiger partial charge in [0.25, 0.3) is 5.91 Å². The van der Waals surface area contributed by atoms with E-state index in [0.29, 0.717) is 12.6 Å². The van der Waals surface area contributed by atoms with Gasteiger partial charge < -0.3 is 24.6 Å². The van der Waals surface area contributed by atoms with Crippen molar-refractivity contribution in [2.45, 2.75) is 90.2 Å². The van der Waals surface area contributed by atoms with Gasteiger partial charge in [0.05, 0.1) is 18.8 Å². The molecule has 1 heterocycles. The second-order valence-corrected chi connectivity index (χ2v) is 12.8. The van der Waals surface area contributed by atoms with Crippen LogP contribution < -0.4 is 5.32 Å². The topological polar surface area (TPSA) is 97.3 Å². The Balaban J connectivity index is 1.33. The predicted molar refractivity (Wildman–Crippen MR) is 182 cm³/mol. The molecule has 1 aliphatic carbocycles. The molecule has 0 radical (unpaired) electrons. The first-order valence-electron chi connectivity index (χ1n) is 16.8. The molecule has 8 nitrogen and oxygen atoms in total. The quantitative estimate of drug-likeness (QED) is 0.160. The Hall–Kier alpha value is -3.82. The Bertz CT molecular complexity index is 1480. The average Bonchev–Trinajstić information content (AvgIpc) is 3.63. The van der Waals surface area contributed by atoms with Crippen molar-refractivity contribution in [2.24, 2.45) is 5.92 Å². The number of amides is 1. The maximum atomic E-state index is 12.3. The number of hydrogen-bond donors (Lipinski definition) is 2. The lowest BCUT2D eigenvalue weighted by molar-refractivity contribution is -0.276. The molecular weight excluding hydrogens is 592 g/mol. The normalized spacial score (nSPS) is 22.1. The van der Waals surface area contributed by atoms with Crippen LogP contribution in [0.1, 0.15) is 81.1 Å². The van der Waals surface area contributed by atoms with E-state index in [1.807, 2.05) is 42.5 Å². The van der Waals surface area contributed by atoms with Crippen LogP contribution in [0.5, 0.6) is 0 Å². The van der Waals surface area contributed by atoms with Crippen LogP contribution in [-0.4, -0.2) is 53.2 Å². The van der Waals surface area contributed by atoms with Gasteiger partial charge in [-0.2, -0.15) is 0 Å². The van der Waals surface area contributed by atoms with Gasteiger partial charge in [0.2, 0.25) is 0 Å². The summed E-state index contributed by atoms with van der Waals surface area (Å²) in [6.45, 7) is 11.1. The zero-order valence-electron chi connectivity index (χ0n) is 27.8. The molecular formula is C39H48N2O6. The zero-order valence-corrected chi connectivity index (χ0v) is 27.8. The fourth-order valence-corrected chi connectivity index (χ4v) is 6.70. The number of carbonyl (C=O) groups excluding carboxylic acids is 2. The number of benzene rings is 3. The molecule has 1 saturated carbocycles. The number of nitrogens with one attached hydrogen (secondary N) is 1. The van der Waals surface area contributed by atoms with E-state index in [0.717, 1.165) is 46.5 Å². The van der Waals surface area contributed by atoms with Crippen molar-refractivity contribution in [3.8, 4) is 11.1 Å². The number of hydrogen-bond acceptors (Lipinski definition) is 7. The fourth-order valence-electron chi connectivity index (χ4n) is 6.70. The fraction of sp³-hybridized carbons (Fsp3) is 0.436. The van der Waals surface area contributed by atoms with Crippen LogP contribution in [0.2, 0.25) is 0 Å². The lowest BCUT2D eigenvalue weighted by atomic mass is 9.89. The maximum absolute atomic E-state index is 12.3. The highest BCUT2D eigenvalue weighted by molar-refractivity contribution is 5.82. The summed E-state index contributed by atoms with van der Waals surface area (Å²) in [5.74, 6) is -0.717. The summed E-state index contributed by atoms with van der Waals surface area (Å²) in [4.78, 5) is 26.0. The molecule has 0 spiro atoms. The number of rotatable bonds is 13. The van der Waals surface area contributed by atoms with Crippen LogP contribution in [0.3, 0.4) is 0 Å². The Morgan fingerprint density at radius 1 is 1.00 bits per heavy atom. The Morgan fingerprint density at radius 2 is 1.70 bits per heavy atom. The van der Waals surface area contributed by atoms with Gasteiger partial charge in [-0.3, -0.25) is 14.5 Å². The summed E-state index contributed by atoms with van der Waals surface area (Å²) in [6.07, 6.45) is 5.35. The number of aliphatic hydroxyl groups is 1. The molecule has 1 amide bonds. The molecule has 5 rings (SSSR count). The van der Waals surface area contributed by atoms with E-state index in [1.54, 1.807) is 6.92 Å². The molecule has 47 heavy (non-hydrogen) atoms. The summed E-state index contributed by atoms with van der Waals surface area (Å²) < 4.78 is 18.5. The van der Waals surface area contributed by atoms with E-state index in [-0.39, 0.29) is 30.6 Å². The lowest BCUT2D eigenvalue weighted by Crippen LogP contribution is -2.47. The molecule has 1 saturated heterocycles. The molecule has 5 atom stereocenters. The van der Waals surface area contributed by atoms with Gasteiger partial charge in [-0.1, -0.05) is 92.6 Å². The number of carbonyl (C=O) groups is 2. The SMILES string of the molecule is C=CCN(C[C@H]1O[C@@H](c2ccc(-c3cccc(CNC(=O)[C@H](C)OC(C)=O)c3)cc2)O[C@@H](c2ccc(CO)cc2)[C@H]1C)C1CCCC1. The second-order valence-electron chi connectivity index (χ2n) is 12.8. The highest BCUT2D eigenvalue weighted by Crippen LogP contribution is 2.42. The number of aliphatic hydroxyl groups excluding tert-OH is 1. The molecule has 1 aliphatic heterocycles. The summed E-state index contributed by atoms with van der Waals surface area (Å²) in [5, 5.41) is 12.4. The number of esters is 1. The highest BCUT2D eigenvalue weighted by atomic mass is 16.7. The molecule has 2 fully saturated rings. The monoisotopic (exact) mass is 640 g/mol. The molecule has 3 aromatic carbocycles. The van der Waals surface area contributed by atoms with E-state index in [4.69, 9.17) is 14.2 Å². The summed E-state index contributed by atoms with van der Waals surface area (Å²) in [6, 6.07) is 24.8. The summed E-state index contributed by atoms with van der Waals surface area (Å²) >= 11 is 0. The summed E-state index contributed by atoms with van der Waals surface area (Å²) in [7, 11) is 0. The van der Waals surface area contributed by atoms with Crippen LogP contribution in [-0.2, 0) is 37.0 Å². The van der Waals surface area contributed by atoms with E-state index in [2.05, 4.69) is 60.1 Å². The third kappa shape index (κ3) is 8.96. The van der Waals surface area contributed by atoms with E-state index < -0.39 is 18.4 Å². The largest absolute Gasteiger partial charge is 0.453 e. The van der Waals surface area contributed by atoms with Crippen molar-refractivity contribution < 1.29 is 28.9 Å². The van der Waals surface area contributed by atoms with Gasteiger partial charge in [-0.15, -0.1) is 6.58 Å². The first-order valence-corrected chi connectivity index (χ1v) is 16.8. The van der Waals surface area contributed by atoms with Crippen molar-refractivity contribution in [3.63, 3.8) is 0 Å². The molecule has 3 aromatic rings. The summed E-state index contributed by atoms with van der Waals surface area (Å²) in [5.41, 5.74) is 5.89. The number of nitrogens with zero attached hydrogens (tertiary/aromatic N) is 1. The first-order chi connectivity index (χ1) is 22.7. The van der Waals surface area contributed by atoms with Crippen molar-refractivity contribution in [3.05, 3.63) is 108 Å². The molecule has 250 valence electrons. The first kappa shape index (κ1) is 34.5. The Labute approximate surface area is 278 Å². The van der Waals surface area contributed by atoms with Crippen molar-refractivity contribution in [2.75, 3.05) is 13.1 Å². The minimum Gasteiger partial charge on any atom is -0.453 e. The van der Waals surface area contributed by atoms with Gasteiger partial charge >= 0.3 is 5.97 Å². The molecule has 8 heteroatoms. The van der Waals surface area contributed by atoms with Gasteiger partial charge in [0.1, 0.15) is 0 Å². The van der Waals surface area contributed by atoms with Crippen molar-refractivity contribution >= 4 is 11.9 Å². The minimum atomic E-state index is -0.845. The lowest BCUT2D eigenvalue weighted by Gasteiger charge is -2.43. The Morgan fingerprint density at radius 3 is 2.36 bits per heavy atom. The third-order valence-electron chi connectivity index (χ3n) is 9.36. The third-order valence-corrected chi connectivity index (χ3v) is 9.36. The molecule has 0 bridgehead atoms. The van der Waals surface area contributed by atoms with Crippen molar-refractivity contribution in [1.29, 1.82) is 0 Å². The molecule has 2 N–H and O–H groups in total. The van der Waals surface area contributed by atoms with Gasteiger partial charge in [-0.25, -0.2) is 0 Å². The van der Waals surface area contributed by atoms with Crippen molar-refractivity contribution in [1.82, 2.24) is 10.2 Å². The zero-order chi connectivity index (χ0) is 33.3. The van der Waals surface area contributed by atoms with E-state index >= 15 is 0 Å². The average molecular weight is 641 g/mol. The highest BCUT2D eigenvalue weighted by Gasteiger charge is 2.40. The van der Waals surface area contributed by atoms with Gasteiger partial charge in [0.15, 0.2) is 12.4 Å². The number of ether oxygens (including phenoxy) is 3. The van der Waals surface area contributed by atoms with E-state index in [1.165, 1.54) is 32.6 Å².